The molecule has 0 atom stereocenters. The number of rotatable bonds is 5. The van der Waals surface area contributed by atoms with Crippen LogP contribution in [0, 0.1) is 0 Å². The maximum absolute atomic E-state index is 4.79. The fourth-order valence-corrected chi connectivity index (χ4v) is 2.93. The summed E-state index contributed by atoms with van der Waals surface area (Å²) in [6.07, 6.45) is 2.06. The van der Waals surface area contributed by atoms with Crippen LogP contribution < -0.4 is 5.32 Å². The lowest BCUT2D eigenvalue weighted by molar-refractivity contribution is 0.461. The van der Waals surface area contributed by atoms with E-state index >= 15 is 0 Å². The number of hydrogen-bond acceptors (Lipinski definition) is 2. The molecule has 0 fully saturated rings. The van der Waals surface area contributed by atoms with Crippen molar-refractivity contribution in [3.8, 4) is 0 Å². The average molecular weight is 466 g/mol. The van der Waals surface area contributed by atoms with E-state index < -0.39 is 0 Å². The zero-order valence-corrected chi connectivity index (χ0v) is 18.1. The molecule has 0 spiro atoms. The topological polar surface area (TPSA) is 50.4 Å². The van der Waals surface area contributed by atoms with Crippen molar-refractivity contribution in [2.24, 2.45) is 19.1 Å². The highest BCUT2D eigenvalue weighted by Crippen LogP contribution is 2.15. The highest BCUT2D eigenvalue weighted by atomic mass is 127. The summed E-state index contributed by atoms with van der Waals surface area (Å²) in [5, 5.41) is 3.37. The first kappa shape index (κ1) is 20.3. The molecule has 0 amide bonds. The fraction of sp³-hybridized carbons (Fsp3) is 0.368. The van der Waals surface area contributed by atoms with Gasteiger partial charge in [0.2, 0.25) is 0 Å². The molecule has 3 rings (SSSR count). The molecule has 2 aromatic heterocycles. The number of aromatic nitrogens is 3. The summed E-state index contributed by atoms with van der Waals surface area (Å²) in [7, 11) is 6.16. The normalized spacial score (nSPS) is 11.5. The summed E-state index contributed by atoms with van der Waals surface area (Å²) in [6, 6.07) is 12.4. The number of benzene rings is 1. The first-order chi connectivity index (χ1) is 12.1. The molecule has 0 saturated carbocycles. The van der Waals surface area contributed by atoms with Gasteiger partial charge in [-0.15, -0.1) is 24.0 Å². The highest BCUT2D eigenvalue weighted by Gasteiger charge is 2.10. The van der Waals surface area contributed by atoms with Crippen LogP contribution in [-0.4, -0.2) is 38.6 Å². The van der Waals surface area contributed by atoms with Crippen molar-refractivity contribution in [3.05, 3.63) is 54.1 Å². The third-order valence-corrected chi connectivity index (χ3v) is 4.40. The van der Waals surface area contributed by atoms with E-state index in [4.69, 9.17) is 9.98 Å². The third-order valence-electron chi connectivity index (χ3n) is 4.40. The van der Waals surface area contributed by atoms with E-state index in [0.717, 1.165) is 35.9 Å². The van der Waals surface area contributed by atoms with E-state index in [1.54, 1.807) is 0 Å². The minimum absolute atomic E-state index is 0. The molecule has 7 heteroatoms. The van der Waals surface area contributed by atoms with Crippen molar-refractivity contribution < 1.29 is 0 Å². The van der Waals surface area contributed by atoms with E-state index in [1.165, 1.54) is 5.69 Å². The van der Waals surface area contributed by atoms with E-state index in [1.807, 2.05) is 25.2 Å². The molecule has 0 aliphatic heterocycles. The van der Waals surface area contributed by atoms with Crippen molar-refractivity contribution >= 4 is 41.0 Å². The Kier molecular flexibility index (Phi) is 7.07. The molecule has 3 aromatic rings. The summed E-state index contributed by atoms with van der Waals surface area (Å²) >= 11 is 0. The monoisotopic (exact) mass is 466 g/mol. The van der Waals surface area contributed by atoms with Crippen LogP contribution >= 0.6 is 24.0 Å². The molecule has 6 nitrogen and oxygen atoms in total. The summed E-state index contributed by atoms with van der Waals surface area (Å²) in [5.74, 6) is 1.85. The summed E-state index contributed by atoms with van der Waals surface area (Å²) < 4.78 is 4.24. The van der Waals surface area contributed by atoms with Gasteiger partial charge in [-0.05, 0) is 31.2 Å². The molecule has 0 bridgehead atoms. The van der Waals surface area contributed by atoms with Crippen LogP contribution in [-0.2, 0) is 27.2 Å². The molecule has 140 valence electrons. The Morgan fingerprint density at radius 2 is 1.96 bits per heavy atom. The molecule has 0 unspecified atom stereocenters. The largest absolute Gasteiger partial charge is 0.357 e. The minimum Gasteiger partial charge on any atom is -0.357 e. The van der Waals surface area contributed by atoms with Crippen LogP contribution in [0.3, 0.4) is 0 Å². The zero-order chi connectivity index (χ0) is 17.8. The number of aliphatic imine (C=N–C) groups is 1. The molecule has 1 aromatic carbocycles. The standard InChI is InChI=1S/C19H26N6.HI/c1-5-20-19(24(3)14-15-9-8-12-23(15)2)21-13-18-22-16-10-6-7-11-17(16)25(18)4;/h6-12H,5,13-14H2,1-4H3,(H,20,21);1H. The van der Waals surface area contributed by atoms with Crippen LogP contribution in [0.15, 0.2) is 47.6 Å². The highest BCUT2D eigenvalue weighted by molar-refractivity contribution is 14.0. The molecular formula is C19H27IN6. The Hall–Kier alpha value is -2.03. The van der Waals surface area contributed by atoms with Crippen LogP contribution in [0.25, 0.3) is 11.0 Å². The van der Waals surface area contributed by atoms with E-state index in [9.17, 15) is 0 Å². The van der Waals surface area contributed by atoms with E-state index in [0.29, 0.717) is 6.54 Å². The summed E-state index contributed by atoms with van der Waals surface area (Å²) in [6.45, 7) is 4.27. The van der Waals surface area contributed by atoms with Crippen molar-refractivity contribution in [1.29, 1.82) is 0 Å². The van der Waals surface area contributed by atoms with Crippen LogP contribution in [0.5, 0.6) is 0 Å². The van der Waals surface area contributed by atoms with Gasteiger partial charge in [0.1, 0.15) is 12.4 Å². The molecule has 0 aliphatic rings. The number of hydrogen-bond donors (Lipinski definition) is 1. The summed E-state index contributed by atoms with van der Waals surface area (Å²) in [4.78, 5) is 11.6. The zero-order valence-electron chi connectivity index (χ0n) is 15.8. The Morgan fingerprint density at radius 1 is 1.19 bits per heavy atom. The molecular weight excluding hydrogens is 439 g/mol. The Bertz CT molecular complexity index is 879. The lowest BCUT2D eigenvalue weighted by atomic mass is 10.3. The lowest BCUT2D eigenvalue weighted by Gasteiger charge is -2.22. The van der Waals surface area contributed by atoms with Gasteiger partial charge in [-0.25, -0.2) is 9.98 Å². The molecule has 2 heterocycles. The second-order valence-corrected chi connectivity index (χ2v) is 6.21. The number of imidazole rings is 1. The number of guanidine groups is 1. The van der Waals surface area contributed by atoms with Gasteiger partial charge in [0.15, 0.2) is 5.96 Å². The van der Waals surface area contributed by atoms with Gasteiger partial charge in [-0.1, -0.05) is 12.1 Å². The Morgan fingerprint density at radius 3 is 2.62 bits per heavy atom. The van der Waals surface area contributed by atoms with Gasteiger partial charge in [0, 0.05) is 39.6 Å². The number of halogens is 1. The molecule has 1 N–H and O–H groups in total. The fourth-order valence-electron chi connectivity index (χ4n) is 2.93. The Labute approximate surface area is 171 Å². The predicted molar refractivity (Wildman–Crippen MR) is 118 cm³/mol. The third kappa shape index (κ3) is 4.38. The van der Waals surface area contributed by atoms with Crippen molar-refractivity contribution in [2.75, 3.05) is 13.6 Å². The maximum atomic E-state index is 4.79. The Balaban J connectivity index is 0.00000243. The van der Waals surface area contributed by atoms with Crippen molar-refractivity contribution in [2.45, 2.75) is 20.0 Å². The first-order valence-electron chi connectivity index (χ1n) is 8.60. The summed E-state index contributed by atoms with van der Waals surface area (Å²) in [5.41, 5.74) is 3.39. The quantitative estimate of drug-likeness (QED) is 0.357. The molecule has 0 aliphatic carbocycles. The SMILES string of the molecule is CCNC(=NCc1nc2ccccc2n1C)N(C)Cc1cccn1C.I. The second kappa shape index (κ2) is 9.07. The van der Waals surface area contributed by atoms with Gasteiger partial charge >= 0.3 is 0 Å². The van der Waals surface area contributed by atoms with E-state index in [2.05, 4.69) is 64.8 Å². The number of nitrogens with zero attached hydrogens (tertiary/aromatic N) is 5. The number of fused-ring (bicyclic) bond motifs is 1. The van der Waals surface area contributed by atoms with Crippen LogP contribution in [0.4, 0.5) is 0 Å². The second-order valence-electron chi connectivity index (χ2n) is 6.21. The van der Waals surface area contributed by atoms with Gasteiger partial charge in [0.05, 0.1) is 17.6 Å². The number of para-hydroxylation sites is 2. The van der Waals surface area contributed by atoms with Crippen molar-refractivity contribution in [1.82, 2.24) is 24.3 Å². The van der Waals surface area contributed by atoms with Gasteiger partial charge < -0.3 is 19.4 Å². The van der Waals surface area contributed by atoms with Gasteiger partial charge in [-0.3, -0.25) is 0 Å². The lowest BCUT2D eigenvalue weighted by Crippen LogP contribution is -2.38. The molecule has 26 heavy (non-hydrogen) atoms. The maximum Gasteiger partial charge on any atom is 0.194 e. The van der Waals surface area contributed by atoms with E-state index in [-0.39, 0.29) is 24.0 Å². The van der Waals surface area contributed by atoms with Crippen LogP contribution in [0.1, 0.15) is 18.4 Å². The number of nitrogens with one attached hydrogen (secondary N) is 1. The number of aryl methyl sites for hydroxylation is 2. The van der Waals surface area contributed by atoms with Crippen LogP contribution in [0.2, 0.25) is 0 Å². The van der Waals surface area contributed by atoms with Gasteiger partial charge in [-0.2, -0.15) is 0 Å². The van der Waals surface area contributed by atoms with Gasteiger partial charge in [0.25, 0.3) is 0 Å². The van der Waals surface area contributed by atoms with Crippen molar-refractivity contribution in [3.63, 3.8) is 0 Å². The smallest absolute Gasteiger partial charge is 0.194 e. The average Bonchev–Trinajstić information content (AvgIpc) is 3.15. The molecule has 0 saturated heterocycles. The molecule has 0 radical (unpaired) electrons. The minimum atomic E-state index is 0. The first-order valence-corrected chi connectivity index (χ1v) is 8.60. The predicted octanol–water partition coefficient (Wildman–Crippen LogP) is 3.13.